The zero-order valence-corrected chi connectivity index (χ0v) is 46.8. The average molecular weight is 955 g/mol. The summed E-state index contributed by atoms with van der Waals surface area (Å²) >= 11 is 0. The monoisotopic (exact) mass is 955 g/mol. The number of urea groups is 2. The molecule has 0 fully saturated rings. The molecule has 0 aromatic heterocycles. The van der Waals surface area contributed by atoms with Crippen LogP contribution in [0.2, 0.25) is 0 Å². The van der Waals surface area contributed by atoms with Gasteiger partial charge in [-0.15, -0.1) is 0 Å². The Morgan fingerprint density at radius 1 is 0.414 bits per heavy atom. The first-order valence-electron chi connectivity index (χ1n) is 26.1. The summed E-state index contributed by atoms with van der Waals surface area (Å²) in [6, 6.07) is 22.7. The van der Waals surface area contributed by atoms with Crippen molar-refractivity contribution in [3.63, 3.8) is 0 Å². The Balaban J connectivity index is 1.64. The van der Waals surface area contributed by atoms with Gasteiger partial charge in [0.15, 0.2) is 0 Å². The highest BCUT2D eigenvalue weighted by atomic mass is 16.5. The van der Waals surface area contributed by atoms with Crippen LogP contribution in [-0.2, 0) is 47.3 Å². The highest BCUT2D eigenvalue weighted by Crippen LogP contribution is 2.43. The normalized spacial score (nSPS) is 13.6. The van der Waals surface area contributed by atoms with Gasteiger partial charge in [0.05, 0.1) is 13.2 Å². The maximum atomic E-state index is 12.4. The number of hydrogen-bond acceptors (Lipinski definition) is 4. The standard InChI is InChI=1S/C62H90N4O4/c1-57(2,3)51-41-25-23-26-42(51)34-46-38-50(70-32-22-20-30-64-56(68)66-62(16,17)18)40-48(54(46)60(10,11)12)36-44-28-24-27-43(52(44)58(4,5)6)35-47-39-49(37-45(33-41)53(47)59(7,8)9)69-31-21-19-29-63-55(67)65-61(13,14)15/h23-28,37-40H,19-22,29-36H2,1-18H3,(H,65,67)(H,66,68). The quantitative estimate of drug-likeness (QED) is 0.122. The van der Waals surface area contributed by atoms with Crippen LogP contribution < -0.4 is 30.7 Å². The van der Waals surface area contributed by atoms with Gasteiger partial charge in [-0.05, 0) is 206 Å². The fourth-order valence-electron chi connectivity index (χ4n) is 10.7. The predicted octanol–water partition coefficient (Wildman–Crippen LogP) is 14.1. The third-order valence-electron chi connectivity index (χ3n) is 12.7. The summed E-state index contributed by atoms with van der Waals surface area (Å²) in [4.78, 5) is 24.7. The number of unbranched alkanes of at least 4 members (excludes halogenated alkanes) is 2. The summed E-state index contributed by atoms with van der Waals surface area (Å²) in [6.07, 6.45) is 6.22. The molecule has 0 aliphatic heterocycles. The van der Waals surface area contributed by atoms with Crippen LogP contribution in [0.1, 0.15) is 217 Å². The molecular weight excluding hydrogens is 865 g/mol. The molecule has 0 saturated heterocycles. The second-order valence-corrected chi connectivity index (χ2v) is 26.1. The number of fused-ring (bicyclic) bond motifs is 8. The van der Waals surface area contributed by atoms with E-state index in [1.807, 2.05) is 41.5 Å². The molecule has 8 nitrogen and oxygen atoms in total. The molecule has 0 atom stereocenters. The number of nitrogens with one attached hydrogen (secondary N) is 2. The van der Waals surface area contributed by atoms with E-state index >= 15 is 0 Å². The predicted molar refractivity (Wildman–Crippen MR) is 292 cm³/mol. The Bertz CT molecular complexity index is 2180. The van der Waals surface area contributed by atoms with Crippen LogP contribution in [0.3, 0.4) is 0 Å². The SMILES string of the molecule is CC(C)(C)NC(=O)[N]CCCCOc1cc2c(C(C)(C)C)c(c1)Cc1cccc(c1C(C)(C)C)Cc1cc(OCCCC[N]C(=O)NC(C)(C)C)cc(c1C(C)(C)C)Cc1cccc(c1C(C)(C)C)C2. The maximum Gasteiger partial charge on any atom is 0.336 e. The maximum absolute atomic E-state index is 12.4. The topological polar surface area (TPSA) is 105 Å². The molecule has 2 radical (unpaired) electrons. The lowest BCUT2D eigenvalue weighted by Crippen LogP contribution is -2.44. The van der Waals surface area contributed by atoms with Gasteiger partial charge in [0.25, 0.3) is 0 Å². The van der Waals surface area contributed by atoms with Crippen LogP contribution in [0.4, 0.5) is 9.59 Å². The number of hydrogen-bond donors (Lipinski definition) is 2. The minimum atomic E-state index is -0.313. The largest absolute Gasteiger partial charge is 0.494 e. The molecule has 0 saturated carbocycles. The number of nitrogens with zero attached hydrogens (tertiary/aromatic N) is 2. The van der Waals surface area contributed by atoms with Crippen molar-refractivity contribution in [3.05, 3.63) is 127 Å². The van der Waals surface area contributed by atoms with Crippen LogP contribution in [0.25, 0.3) is 0 Å². The fourth-order valence-corrected chi connectivity index (χ4v) is 10.7. The Hall–Kier alpha value is -4.98. The average Bonchev–Trinajstić information content (AvgIpc) is 3.17. The molecule has 2 N–H and O–H groups in total. The number of benzene rings is 4. The highest BCUT2D eigenvalue weighted by Gasteiger charge is 2.32. The van der Waals surface area contributed by atoms with Gasteiger partial charge >= 0.3 is 12.1 Å². The first-order chi connectivity index (χ1) is 32.3. The third-order valence-corrected chi connectivity index (χ3v) is 12.7. The zero-order chi connectivity index (χ0) is 52.0. The van der Waals surface area contributed by atoms with E-state index in [1.165, 1.54) is 66.8 Å². The Labute approximate surface area is 424 Å². The van der Waals surface area contributed by atoms with E-state index in [2.05, 4.69) is 165 Å². The van der Waals surface area contributed by atoms with E-state index in [-0.39, 0.29) is 44.8 Å². The van der Waals surface area contributed by atoms with Crippen molar-refractivity contribution in [2.24, 2.45) is 0 Å². The lowest BCUT2D eigenvalue weighted by atomic mass is 9.72. The van der Waals surface area contributed by atoms with Gasteiger partial charge in [0.1, 0.15) is 11.5 Å². The summed E-state index contributed by atoms with van der Waals surface area (Å²) in [5, 5.41) is 14.4. The zero-order valence-electron chi connectivity index (χ0n) is 46.8. The van der Waals surface area contributed by atoms with Gasteiger partial charge in [-0.25, -0.2) is 20.2 Å². The van der Waals surface area contributed by atoms with Gasteiger partial charge in [-0.3, -0.25) is 0 Å². The fraction of sp³-hybridized carbons (Fsp3) is 0.581. The number of carbonyl (C=O) groups is 2. The van der Waals surface area contributed by atoms with E-state index in [4.69, 9.17) is 9.47 Å². The molecule has 0 heterocycles. The Morgan fingerprint density at radius 3 is 0.914 bits per heavy atom. The molecule has 1 aliphatic rings. The second kappa shape index (κ2) is 22.2. The van der Waals surface area contributed by atoms with Gasteiger partial charge in [-0.1, -0.05) is 119 Å². The number of rotatable bonds is 12. The third kappa shape index (κ3) is 16.0. The highest BCUT2D eigenvalue weighted by molar-refractivity contribution is 5.74. The first kappa shape index (κ1) is 55.9. The van der Waals surface area contributed by atoms with Crippen molar-refractivity contribution in [2.75, 3.05) is 26.3 Å². The number of amides is 4. The van der Waals surface area contributed by atoms with Gasteiger partial charge in [0.2, 0.25) is 0 Å². The van der Waals surface area contributed by atoms with Crippen LogP contribution in [0, 0.1) is 0 Å². The molecule has 382 valence electrons. The molecular formula is C62H90N4O4. The van der Waals surface area contributed by atoms with Crippen molar-refractivity contribution in [1.29, 1.82) is 0 Å². The molecule has 0 spiro atoms. The van der Waals surface area contributed by atoms with Crippen LogP contribution in [-0.4, -0.2) is 49.4 Å². The van der Waals surface area contributed by atoms with E-state index in [0.29, 0.717) is 26.3 Å². The summed E-state index contributed by atoms with van der Waals surface area (Å²) < 4.78 is 13.4. The lowest BCUT2D eigenvalue weighted by molar-refractivity contribution is 0.229. The van der Waals surface area contributed by atoms with Gasteiger partial charge in [0, 0.05) is 24.2 Å². The minimum Gasteiger partial charge on any atom is -0.494 e. The van der Waals surface area contributed by atoms with E-state index in [9.17, 15) is 9.59 Å². The lowest BCUT2D eigenvalue weighted by Gasteiger charge is -2.33. The molecule has 1 aliphatic carbocycles. The number of carbonyl (C=O) groups excluding carboxylic acids is 2. The molecule has 4 aromatic carbocycles. The Morgan fingerprint density at radius 2 is 0.671 bits per heavy atom. The Kier molecular flexibility index (Phi) is 17.7. The first-order valence-corrected chi connectivity index (χ1v) is 26.1. The van der Waals surface area contributed by atoms with E-state index < -0.39 is 0 Å². The van der Waals surface area contributed by atoms with E-state index in [0.717, 1.165) is 62.9 Å². The van der Waals surface area contributed by atoms with Crippen LogP contribution >= 0.6 is 0 Å². The number of ether oxygens (including phenoxy) is 2. The molecule has 8 bridgehead atoms. The molecule has 70 heavy (non-hydrogen) atoms. The molecule has 4 aromatic rings. The van der Waals surface area contributed by atoms with E-state index in [1.54, 1.807) is 0 Å². The van der Waals surface area contributed by atoms with Gasteiger partial charge in [-0.2, -0.15) is 0 Å². The molecule has 0 unspecified atom stereocenters. The molecule has 5 rings (SSSR count). The van der Waals surface area contributed by atoms with Crippen molar-refractivity contribution in [1.82, 2.24) is 21.3 Å². The second-order valence-electron chi connectivity index (χ2n) is 26.1. The van der Waals surface area contributed by atoms with Crippen molar-refractivity contribution in [2.45, 2.75) is 209 Å². The van der Waals surface area contributed by atoms with Crippen molar-refractivity contribution < 1.29 is 19.1 Å². The van der Waals surface area contributed by atoms with Gasteiger partial charge < -0.3 is 20.1 Å². The van der Waals surface area contributed by atoms with Crippen molar-refractivity contribution >= 4 is 12.1 Å². The van der Waals surface area contributed by atoms with Crippen molar-refractivity contribution in [3.8, 4) is 11.5 Å². The smallest absolute Gasteiger partial charge is 0.336 e. The molecule has 4 amide bonds. The summed E-state index contributed by atoms with van der Waals surface area (Å²) in [6.45, 7) is 42.1. The summed E-state index contributed by atoms with van der Waals surface area (Å²) in [5.74, 6) is 1.78. The summed E-state index contributed by atoms with van der Waals surface area (Å²) in [5.41, 5.74) is 14.9. The molecule has 8 heteroatoms. The summed E-state index contributed by atoms with van der Waals surface area (Å²) in [7, 11) is 0. The van der Waals surface area contributed by atoms with Crippen LogP contribution in [0.15, 0.2) is 60.7 Å². The minimum absolute atomic E-state index is 0.141. The van der Waals surface area contributed by atoms with Crippen LogP contribution in [0.5, 0.6) is 11.5 Å².